The molecule has 0 atom stereocenters. The Hall–Kier alpha value is -2.79. The summed E-state index contributed by atoms with van der Waals surface area (Å²) < 4.78 is 4.86. The number of anilines is 1. The van der Waals surface area contributed by atoms with Gasteiger partial charge in [0.2, 0.25) is 12.2 Å². The lowest BCUT2D eigenvalue weighted by atomic mass is 10.2. The number of hydrogen-bond acceptors (Lipinski definition) is 5. The SMILES string of the molecule is CCOC(=O)c1ccc(N(C=O)CCC(=O)C=[N+]=N)cc1. The van der Waals surface area contributed by atoms with E-state index in [0.717, 1.165) is 6.21 Å². The zero-order valence-corrected chi connectivity index (χ0v) is 11.6. The van der Waals surface area contributed by atoms with Crippen LogP contribution in [-0.4, -0.2) is 42.3 Å². The topological polar surface area (TPSA) is 102 Å². The Labute approximate surface area is 121 Å². The first-order valence-corrected chi connectivity index (χ1v) is 6.34. The summed E-state index contributed by atoms with van der Waals surface area (Å²) in [7, 11) is 0. The van der Waals surface area contributed by atoms with Crippen LogP contribution in [0.5, 0.6) is 0 Å². The van der Waals surface area contributed by atoms with Crippen LogP contribution in [0.2, 0.25) is 0 Å². The van der Waals surface area contributed by atoms with E-state index in [2.05, 4.69) is 4.79 Å². The third-order valence-electron chi connectivity index (χ3n) is 2.64. The third-order valence-corrected chi connectivity index (χ3v) is 2.64. The molecular weight excluding hydrogens is 274 g/mol. The van der Waals surface area contributed by atoms with Gasteiger partial charge in [0.25, 0.3) is 0 Å². The monoisotopic (exact) mass is 290 g/mol. The first kappa shape index (κ1) is 16.3. The van der Waals surface area contributed by atoms with E-state index in [9.17, 15) is 14.4 Å². The van der Waals surface area contributed by atoms with Gasteiger partial charge in [0.1, 0.15) is 0 Å². The van der Waals surface area contributed by atoms with Crippen LogP contribution in [0.1, 0.15) is 23.7 Å². The van der Waals surface area contributed by atoms with Gasteiger partial charge in [-0.1, -0.05) is 0 Å². The summed E-state index contributed by atoms with van der Waals surface area (Å²) in [4.78, 5) is 38.0. The predicted molar refractivity (Wildman–Crippen MR) is 74.5 cm³/mol. The van der Waals surface area contributed by atoms with Crippen molar-refractivity contribution >= 4 is 30.1 Å². The van der Waals surface area contributed by atoms with Gasteiger partial charge in [0, 0.05) is 18.7 Å². The van der Waals surface area contributed by atoms with Crippen LogP contribution in [-0.2, 0) is 14.3 Å². The van der Waals surface area contributed by atoms with Crippen molar-refractivity contribution in [3.05, 3.63) is 29.8 Å². The van der Waals surface area contributed by atoms with E-state index < -0.39 is 5.97 Å². The van der Waals surface area contributed by atoms with Crippen LogP contribution in [0.25, 0.3) is 0 Å². The summed E-state index contributed by atoms with van der Waals surface area (Å²) in [5.74, 6) is -0.761. The minimum absolute atomic E-state index is 0.0702. The highest BCUT2D eigenvalue weighted by atomic mass is 16.5. The van der Waals surface area contributed by atoms with E-state index >= 15 is 0 Å². The number of amides is 1. The number of benzene rings is 1. The summed E-state index contributed by atoms with van der Waals surface area (Å²) in [6.45, 7) is 2.19. The van der Waals surface area contributed by atoms with Gasteiger partial charge in [-0.15, -0.1) is 0 Å². The normalized spacial score (nSPS) is 9.38. The maximum absolute atomic E-state index is 11.5. The average Bonchev–Trinajstić information content (AvgIpc) is 2.49. The molecule has 21 heavy (non-hydrogen) atoms. The summed E-state index contributed by atoms with van der Waals surface area (Å²) in [6, 6.07) is 6.31. The molecule has 1 aromatic rings. The third kappa shape index (κ3) is 5.00. The van der Waals surface area contributed by atoms with E-state index in [1.165, 1.54) is 4.90 Å². The van der Waals surface area contributed by atoms with Crippen molar-refractivity contribution in [1.29, 1.82) is 5.53 Å². The summed E-state index contributed by atoms with van der Waals surface area (Å²) >= 11 is 0. The molecule has 0 aliphatic rings. The second-order valence-corrected chi connectivity index (χ2v) is 4.04. The molecular formula is C14H16N3O4+. The Bertz CT molecular complexity index is 562. The van der Waals surface area contributed by atoms with Gasteiger partial charge in [0.15, 0.2) is 0 Å². The summed E-state index contributed by atoms with van der Waals surface area (Å²) in [5.41, 5.74) is 7.50. The molecule has 0 aliphatic carbocycles. The lowest BCUT2D eigenvalue weighted by Gasteiger charge is -2.16. The quantitative estimate of drug-likeness (QED) is 0.254. The molecule has 110 valence electrons. The van der Waals surface area contributed by atoms with Crippen molar-refractivity contribution in [2.45, 2.75) is 13.3 Å². The fourth-order valence-corrected chi connectivity index (χ4v) is 1.61. The van der Waals surface area contributed by atoms with E-state index in [0.29, 0.717) is 24.3 Å². The van der Waals surface area contributed by atoms with Crippen LogP contribution >= 0.6 is 0 Å². The fraction of sp³-hybridized carbons (Fsp3) is 0.286. The molecule has 0 heterocycles. The van der Waals surface area contributed by atoms with Crippen LogP contribution in [0, 0.1) is 5.53 Å². The average molecular weight is 290 g/mol. The van der Waals surface area contributed by atoms with Crippen molar-refractivity contribution in [1.82, 2.24) is 0 Å². The number of ketones is 1. The highest BCUT2D eigenvalue weighted by molar-refractivity contribution is 6.25. The van der Waals surface area contributed by atoms with Crippen LogP contribution in [0.3, 0.4) is 0 Å². The first-order valence-electron chi connectivity index (χ1n) is 6.34. The molecule has 0 saturated carbocycles. The molecule has 1 N–H and O–H groups in total. The molecule has 1 aromatic carbocycles. The second-order valence-electron chi connectivity index (χ2n) is 4.04. The number of esters is 1. The van der Waals surface area contributed by atoms with Crippen molar-refractivity contribution in [2.24, 2.45) is 0 Å². The van der Waals surface area contributed by atoms with Gasteiger partial charge in [-0.2, -0.15) is 0 Å². The van der Waals surface area contributed by atoms with Gasteiger partial charge >= 0.3 is 12.2 Å². The Balaban J connectivity index is 2.73. The molecule has 0 radical (unpaired) electrons. The van der Waals surface area contributed by atoms with E-state index in [-0.39, 0.29) is 18.7 Å². The standard InChI is InChI=1S/C14H16N3O4/c1-2-21-14(20)11-3-5-12(6-4-11)17(10-18)8-7-13(19)9-16-15/h3-6,9-10,15H,2,7-8H2,1H3/q+1. The zero-order chi connectivity index (χ0) is 15.7. The highest BCUT2D eigenvalue weighted by Gasteiger charge is 2.11. The Kier molecular flexibility index (Phi) is 6.50. The molecule has 0 aromatic heterocycles. The number of nitrogens with zero attached hydrogens (tertiary/aromatic N) is 2. The van der Waals surface area contributed by atoms with E-state index in [1.54, 1.807) is 31.2 Å². The second kappa shape index (κ2) is 8.39. The minimum atomic E-state index is -0.427. The Morgan fingerprint density at radius 2 is 2.00 bits per heavy atom. The molecule has 0 fully saturated rings. The molecule has 0 aliphatic heterocycles. The molecule has 0 saturated heterocycles. The number of carbonyl (C=O) groups is 3. The molecule has 7 nitrogen and oxygen atoms in total. The summed E-state index contributed by atoms with van der Waals surface area (Å²) in [5, 5.41) is 0. The van der Waals surface area contributed by atoms with Crippen LogP contribution in [0.4, 0.5) is 5.69 Å². The van der Waals surface area contributed by atoms with E-state index in [4.69, 9.17) is 10.3 Å². The van der Waals surface area contributed by atoms with Crippen molar-refractivity contribution in [3.8, 4) is 0 Å². The molecule has 1 amide bonds. The fourth-order valence-electron chi connectivity index (χ4n) is 1.61. The van der Waals surface area contributed by atoms with Crippen molar-refractivity contribution in [3.63, 3.8) is 0 Å². The van der Waals surface area contributed by atoms with Gasteiger partial charge < -0.3 is 9.64 Å². The van der Waals surface area contributed by atoms with Gasteiger partial charge in [0.05, 0.1) is 22.5 Å². The molecule has 1 rings (SSSR count). The minimum Gasteiger partial charge on any atom is -0.462 e. The lowest BCUT2D eigenvalue weighted by Crippen LogP contribution is -2.24. The molecule has 7 heteroatoms. The highest BCUT2D eigenvalue weighted by Crippen LogP contribution is 2.15. The number of carbonyl (C=O) groups excluding carboxylic acids is 3. The molecule has 0 spiro atoms. The predicted octanol–water partition coefficient (Wildman–Crippen LogP) is 1.10. The number of rotatable bonds is 8. The Morgan fingerprint density at radius 3 is 2.52 bits per heavy atom. The lowest BCUT2D eigenvalue weighted by molar-refractivity contribution is -0.131. The van der Waals surface area contributed by atoms with E-state index in [1.807, 2.05) is 0 Å². The van der Waals surface area contributed by atoms with Crippen molar-refractivity contribution in [2.75, 3.05) is 18.1 Å². The smallest absolute Gasteiger partial charge is 0.372 e. The first-order chi connectivity index (χ1) is 10.1. The number of Topliss-reactive ketones (excluding diaryl/α,β-unsaturated/α-hetero) is 1. The maximum Gasteiger partial charge on any atom is 0.372 e. The zero-order valence-electron chi connectivity index (χ0n) is 11.6. The molecule has 0 unspecified atom stereocenters. The van der Waals surface area contributed by atoms with Gasteiger partial charge in [-0.3, -0.25) is 9.59 Å². The number of ether oxygens (including phenoxy) is 1. The molecule has 0 bridgehead atoms. The van der Waals surface area contributed by atoms with Crippen molar-refractivity contribution < 1.29 is 23.9 Å². The Morgan fingerprint density at radius 1 is 1.33 bits per heavy atom. The van der Waals surface area contributed by atoms with Crippen LogP contribution in [0.15, 0.2) is 24.3 Å². The number of nitrogens with one attached hydrogen (secondary N) is 1. The number of hydrogen-bond donors (Lipinski definition) is 1. The summed E-state index contributed by atoms with van der Waals surface area (Å²) in [6.07, 6.45) is 1.57. The van der Waals surface area contributed by atoms with Gasteiger partial charge in [-0.25, -0.2) is 4.79 Å². The largest absolute Gasteiger partial charge is 0.462 e. The maximum atomic E-state index is 11.5. The van der Waals surface area contributed by atoms with Gasteiger partial charge in [-0.05, 0) is 31.2 Å². The van der Waals surface area contributed by atoms with Crippen LogP contribution < -0.4 is 4.90 Å².